The van der Waals surface area contributed by atoms with Crippen molar-refractivity contribution in [2.75, 3.05) is 0 Å². The van der Waals surface area contributed by atoms with Crippen molar-refractivity contribution in [2.24, 2.45) is 0 Å². The molecule has 7 nitrogen and oxygen atoms in total. The minimum atomic E-state index is -1.08. The van der Waals surface area contributed by atoms with Gasteiger partial charge in [-0.25, -0.2) is 9.59 Å². The third-order valence-electron chi connectivity index (χ3n) is 3.16. The summed E-state index contributed by atoms with van der Waals surface area (Å²) in [6.07, 6.45) is 1.06. The van der Waals surface area contributed by atoms with E-state index in [1.54, 1.807) is 31.6 Å². The molecule has 1 unspecified atom stereocenters. The molecule has 1 amide bonds. The van der Waals surface area contributed by atoms with Crippen LogP contribution in [0.25, 0.3) is 0 Å². The minimum Gasteiger partial charge on any atom is -0.479 e. The second kappa shape index (κ2) is 5.05. The molecular formula is C14H21N3O4. The van der Waals surface area contributed by atoms with Gasteiger partial charge in [-0.1, -0.05) is 0 Å². The molecule has 2 heterocycles. The number of fused-ring (bicyclic) bond motifs is 1. The highest BCUT2D eigenvalue weighted by atomic mass is 16.6. The Kier molecular flexibility index (Phi) is 3.69. The predicted molar refractivity (Wildman–Crippen MR) is 74.8 cm³/mol. The highest BCUT2D eigenvalue weighted by molar-refractivity contribution is 5.83. The van der Waals surface area contributed by atoms with Crippen molar-refractivity contribution in [1.29, 1.82) is 0 Å². The van der Waals surface area contributed by atoms with Crippen LogP contribution in [0.4, 0.5) is 4.79 Å². The van der Waals surface area contributed by atoms with Crippen LogP contribution < -0.4 is 0 Å². The van der Waals surface area contributed by atoms with Crippen LogP contribution in [-0.4, -0.2) is 37.5 Å². The summed E-state index contributed by atoms with van der Waals surface area (Å²) in [6.45, 7) is 9.31. The molecule has 1 atom stereocenters. The van der Waals surface area contributed by atoms with Crippen LogP contribution in [0.15, 0.2) is 6.20 Å². The number of carboxylic acids is 1. The number of ether oxygens (including phenoxy) is 1. The fraction of sp³-hybridized carbons (Fsp3) is 0.643. The Morgan fingerprint density at radius 1 is 1.43 bits per heavy atom. The Morgan fingerprint density at radius 3 is 2.52 bits per heavy atom. The second-order valence-corrected chi connectivity index (χ2v) is 6.45. The number of nitrogens with zero attached hydrogens (tertiary/aromatic N) is 3. The number of carbonyl (C=O) groups is 2. The summed E-state index contributed by atoms with van der Waals surface area (Å²) in [4.78, 5) is 24.9. The van der Waals surface area contributed by atoms with Gasteiger partial charge in [-0.3, -0.25) is 9.58 Å². The van der Waals surface area contributed by atoms with Crippen LogP contribution in [0.2, 0.25) is 0 Å². The number of rotatable bonds is 2. The van der Waals surface area contributed by atoms with Crippen LogP contribution in [0.1, 0.15) is 58.0 Å². The van der Waals surface area contributed by atoms with Gasteiger partial charge in [0.05, 0.1) is 12.2 Å². The maximum absolute atomic E-state index is 12.2. The molecule has 0 radical (unpaired) electrons. The Labute approximate surface area is 123 Å². The van der Waals surface area contributed by atoms with Gasteiger partial charge in [0, 0.05) is 17.8 Å². The van der Waals surface area contributed by atoms with Crippen molar-refractivity contribution >= 4 is 12.1 Å². The lowest BCUT2D eigenvalue weighted by molar-refractivity contribution is -0.143. The molecule has 0 aromatic carbocycles. The molecule has 0 aliphatic carbocycles. The summed E-state index contributed by atoms with van der Waals surface area (Å²) in [6, 6.07) is -0.901. The van der Waals surface area contributed by atoms with Crippen molar-refractivity contribution in [3.05, 3.63) is 17.5 Å². The number of amides is 1. The van der Waals surface area contributed by atoms with Crippen LogP contribution in [0.3, 0.4) is 0 Å². The zero-order chi connectivity index (χ0) is 15.9. The average molecular weight is 295 g/mol. The second-order valence-electron chi connectivity index (χ2n) is 6.45. The number of aliphatic carboxylic acids is 1. The van der Waals surface area contributed by atoms with Crippen LogP contribution in [0.5, 0.6) is 0 Å². The van der Waals surface area contributed by atoms with Crippen LogP contribution >= 0.6 is 0 Å². The van der Waals surface area contributed by atoms with Crippen molar-refractivity contribution in [1.82, 2.24) is 14.7 Å². The lowest BCUT2D eigenvalue weighted by Crippen LogP contribution is -2.38. The largest absolute Gasteiger partial charge is 0.479 e. The summed E-state index contributed by atoms with van der Waals surface area (Å²) in [5.74, 6) is -1.08. The molecule has 0 saturated heterocycles. The molecule has 2 rings (SSSR count). The number of carbonyl (C=O) groups excluding carboxylic acids is 1. The van der Waals surface area contributed by atoms with Crippen LogP contribution in [0, 0.1) is 0 Å². The Hall–Kier alpha value is -2.05. The summed E-state index contributed by atoms with van der Waals surface area (Å²) in [5, 5.41) is 13.8. The molecule has 1 aromatic rings. The van der Waals surface area contributed by atoms with E-state index >= 15 is 0 Å². The normalized spacial score (nSPS) is 18.0. The van der Waals surface area contributed by atoms with E-state index in [1.165, 1.54) is 4.90 Å². The molecule has 21 heavy (non-hydrogen) atoms. The number of hydrogen-bond acceptors (Lipinski definition) is 4. The van der Waals surface area contributed by atoms with Crippen molar-refractivity contribution in [2.45, 2.75) is 58.8 Å². The van der Waals surface area contributed by atoms with Crippen molar-refractivity contribution < 1.29 is 19.4 Å². The van der Waals surface area contributed by atoms with Gasteiger partial charge in [0.15, 0.2) is 6.04 Å². The van der Waals surface area contributed by atoms with E-state index in [0.717, 1.165) is 0 Å². The van der Waals surface area contributed by atoms with Gasteiger partial charge >= 0.3 is 12.1 Å². The highest BCUT2D eigenvalue weighted by Gasteiger charge is 2.42. The van der Waals surface area contributed by atoms with E-state index in [0.29, 0.717) is 11.3 Å². The zero-order valence-electron chi connectivity index (χ0n) is 13.0. The van der Waals surface area contributed by atoms with Gasteiger partial charge in [0.2, 0.25) is 0 Å². The first-order chi connectivity index (χ1) is 9.60. The topological polar surface area (TPSA) is 84.7 Å². The van der Waals surface area contributed by atoms with E-state index in [2.05, 4.69) is 5.10 Å². The molecule has 1 aliphatic rings. The van der Waals surface area contributed by atoms with E-state index in [-0.39, 0.29) is 12.6 Å². The smallest absolute Gasteiger partial charge is 0.411 e. The van der Waals surface area contributed by atoms with Gasteiger partial charge in [-0.2, -0.15) is 5.10 Å². The predicted octanol–water partition coefficient (Wildman–Crippen LogP) is 2.34. The minimum absolute atomic E-state index is 0.139. The molecule has 0 saturated carbocycles. The molecule has 0 fully saturated rings. The average Bonchev–Trinajstić information content (AvgIpc) is 2.81. The first-order valence-electron chi connectivity index (χ1n) is 6.90. The molecular weight excluding hydrogens is 274 g/mol. The number of aromatic nitrogens is 2. The SMILES string of the molecule is CC(C)n1cc2c(n1)CN(C(=O)OC(C)(C)C)C2C(=O)O. The Morgan fingerprint density at radius 2 is 2.05 bits per heavy atom. The molecule has 0 bridgehead atoms. The quantitative estimate of drug-likeness (QED) is 0.905. The van der Waals surface area contributed by atoms with Crippen LogP contribution in [-0.2, 0) is 16.1 Å². The zero-order valence-corrected chi connectivity index (χ0v) is 13.0. The Balaban J connectivity index is 2.29. The van der Waals surface area contributed by atoms with E-state index in [4.69, 9.17) is 4.74 Å². The lowest BCUT2D eigenvalue weighted by atomic mass is 10.1. The van der Waals surface area contributed by atoms with Gasteiger partial charge in [-0.05, 0) is 34.6 Å². The fourth-order valence-electron chi connectivity index (χ4n) is 2.24. The number of carboxylic acid groups (broad SMARTS) is 1. The van der Waals surface area contributed by atoms with Gasteiger partial charge in [-0.15, -0.1) is 0 Å². The molecule has 1 aliphatic heterocycles. The van der Waals surface area contributed by atoms with E-state index < -0.39 is 23.7 Å². The monoisotopic (exact) mass is 295 g/mol. The van der Waals surface area contributed by atoms with E-state index in [1.807, 2.05) is 13.8 Å². The van der Waals surface area contributed by atoms with Gasteiger partial charge in [0.1, 0.15) is 5.60 Å². The maximum atomic E-state index is 12.2. The summed E-state index contributed by atoms with van der Waals surface area (Å²) in [7, 11) is 0. The summed E-state index contributed by atoms with van der Waals surface area (Å²) < 4.78 is 6.98. The first kappa shape index (κ1) is 15.3. The summed E-state index contributed by atoms with van der Waals surface area (Å²) in [5.41, 5.74) is 0.502. The standard InChI is InChI=1S/C14H21N3O4/c1-8(2)17-6-9-10(15-17)7-16(11(9)12(18)19)13(20)21-14(3,4)5/h6,8,11H,7H2,1-5H3,(H,18,19). The van der Waals surface area contributed by atoms with Crippen molar-refractivity contribution in [3.8, 4) is 0 Å². The molecule has 7 heteroatoms. The Bertz CT molecular complexity index is 571. The fourth-order valence-corrected chi connectivity index (χ4v) is 2.24. The molecule has 116 valence electrons. The number of hydrogen-bond donors (Lipinski definition) is 1. The third-order valence-corrected chi connectivity index (χ3v) is 3.16. The molecule has 1 N–H and O–H groups in total. The maximum Gasteiger partial charge on any atom is 0.411 e. The van der Waals surface area contributed by atoms with Gasteiger partial charge < -0.3 is 9.84 Å². The highest BCUT2D eigenvalue weighted by Crippen LogP contribution is 2.35. The third kappa shape index (κ3) is 3.01. The van der Waals surface area contributed by atoms with E-state index in [9.17, 15) is 14.7 Å². The van der Waals surface area contributed by atoms with Gasteiger partial charge in [0.25, 0.3) is 0 Å². The summed E-state index contributed by atoms with van der Waals surface area (Å²) >= 11 is 0. The van der Waals surface area contributed by atoms with Crippen molar-refractivity contribution in [3.63, 3.8) is 0 Å². The first-order valence-corrected chi connectivity index (χ1v) is 6.90. The molecule has 1 aromatic heterocycles. The molecule has 0 spiro atoms. The lowest BCUT2D eigenvalue weighted by Gasteiger charge is -2.27.